The third-order valence-corrected chi connectivity index (χ3v) is 4.21. The summed E-state index contributed by atoms with van der Waals surface area (Å²) in [6, 6.07) is 5.18. The lowest BCUT2D eigenvalue weighted by Crippen LogP contribution is -2.47. The van der Waals surface area contributed by atoms with E-state index in [0.717, 1.165) is 32.5 Å². The van der Waals surface area contributed by atoms with E-state index in [-0.39, 0.29) is 11.9 Å². The topological polar surface area (TPSA) is 32.3 Å². The number of piperidine rings is 1. The number of halogens is 2. The number of likely N-dealkylation sites (N-methyl/N-ethyl adjacent to an activating group) is 1. The minimum Gasteiger partial charge on any atom is -0.348 e. The second-order valence-electron chi connectivity index (χ2n) is 4.83. The molecule has 1 aliphatic rings. The normalized spacial score (nSPS) is 20.3. The molecule has 1 atom stereocenters. The summed E-state index contributed by atoms with van der Waals surface area (Å²) in [6.07, 6.45) is 2.16. The maximum absolute atomic E-state index is 12.1. The van der Waals surface area contributed by atoms with Gasteiger partial charge in [-0.05, 0) is 44.1 Å². The van der Waals surface area contributed by atoms with Gasteiger partial charge in [-0.3, -0.25) is 4.79 Å². The molecule has 1 aromatic carbocycles. The minimum atomic E-state index is -0.0819. The highest BCUT2D eigenvalue weighted by Gasteiger charge is 2.20. The SMILES string of the molecule is CCN1CCCC(NC(=O)c2ccc(Cl)c(Cl)c2)C1. The van der Waals surface area contributed by atoms with E-state index in [1.54, 1.807) is 18.2 Å². The van der Waals surface area contributed by atoms with Crippen molar-refractivity contribution in [3.05, 3.63) is 33.8 Å². The highest BCUT2D eigenvalue weighted by molar-refractivity contribution is 6.42. The van der Waals surface area contributed by atoms with Gasteiger partial charge in [0, 0.05) is 18.2 Å². The largest absolute Gasteiger partial charge is 0.348 e. The Bertz CT molecular complexity index is 465. The van der Waals surface area contributed by atoms with E-state index < -0.39 is 0 Å². The van der Waals surface area contributed by atoms with Crippen molar-refractivity contribution in [3.63, 3.8) is 0 Å². The van der Waals surface area contributed by atoms with Crippen LogP contribution in [0.4, 0.5) is 0 Å². The van der Waals surface area contributed by atoms with E-state index >= 15 is 0 Å². The lowest BCUT2D eigenvalue weighted by Gasteiger charge is -2.32. The van der Waals surface area contributed by atoms with Crippen molar-refractivity contribution in [3.8, 4) is 0 Å². The fourth-order valence-electron chi connectivity index (χ4n) is 2.37. The Hall–Kier alpha value is -0.770. The molecule has 2 rings (SSSR count). The number of carbonyl (C=O) groups is 1. The summed E-state index contributed by atoms with van der Waals surface area (Å²) in [7, 11) is 0. The smallest absolute Gasteiger partial charge is 0.251 e. The first-order chi connectivity index (χ1) is 9.10. The Labute approximate surface area is 123 Å². The van der Waals surface area contributed by atoms with Gasteiger partial charge in [-0.25, -0.2) is 0 Å². The Morgan fingerprint density at radius 3 is 2.89 bits per heavy atom. The van der Waals surface area contributed by atoms with Gasteiger partial charge in [0.05, 0.1) is 10.0 Å². The van der Waals surface area contributed by atoms with Crippen LogP contribution in [0.3, 0.4) is 0 Å². The Balaban J connectivity index is 1.98. The minimum absolute atomic E-state index is 0.0819. The first-order valence-corrected chi connectivity index (χ1v) is 7.34. The predicted molar refractivity (Wildman–Crippen MR) is 79.1 cm³/mol. The third kappa shape index (κ3) is 3.85. The molecule has 5 heteroatoms. The van der Waals surface area contributed by atoms with Crippen LogP contribution in [0.2, 0.25) is 10.0 Å². The van der Waals surface area contributed by atoms with Gasteiger partial charge in [0.1, 0.15) is 0 Å². The van der Waals surface area contributed by atoms with Crippen LogP contribution >= 0.6 is 23.2 Å². The van der Waals surface area contributed by atoms with Crippen LogP contribution < -0.4 is 5.32 Å². The van der Waals surface area contributed by atoms with Gasteiger partial charge < -0.3 is 10.2 Å². The summed E-state index contributed by atoms with van der Waals surface area (Å²) >= 11 is 11.8. The Kier molecular flexibility index (Phi) is 5.08. The fourth-order valence-corrected chi connectivity index (χ4v) is 2.66. The van der Waals surface area contributed by atoms with Crippen LogP contribution in [0.1, 0.15) is 30.1 Å². The lowest BCUT2D eigenvalue weighted by molar-refractivity contribution is 0.0906. The number of rotatable bonds is 3. The first kappa shape index (κ1) is 14.6. The second-order valence-corrected chi connectivity index (χ2v) is 5.65. The summed E-state index contributed by atoms with van der Waals surface area (Å²) in [5, 5.41) is 3.94. The molecule has 1 unspecified atom stereocenters. The highest BCUT2D eigenvalue weighted by Crippen LogP contribution is 2.22. The number of benzene rings is 1. The van der Waals surface area contributed by atoms with E-state index in [1.165, 1.54) is 0 Å². The zero-order valence-corrected chi connectivity index (χ0v) is 12.5. The predicted octanol–water partition coefficient (Wildman–Crippen LogP) is 3.21. The Morgan fingerprint density at radius 2 is 2.21 bits per heavy atom. The van der Waals surface area contributed by atoms with Crippen molar-refractivity contribution >= 4 is 29.1 Å². The molecule has 0 radical (unpaired) electrons. The molecule has 1 heterocycles. The quantitative estimate of drug-likeness (QED) is 0.930. The molecule has 0 saturated carbocycles. The zero-order valence-electron chi connectivity index (χ0n) is 11.0. The molecule has 1 N–H and O–H groups in total. The summed E-state index contributed by atoms with van der Waals surface area (Å²) in [4.78, 5) is 14.5. The maximum atomic E-state index is 12.1. The number of carbonyl (C=O) groups excluding carboxylic acids is 1. The number of hydrogen-bond acceptors (Lipinski definition) is 2. The standard InChI is InChI=1S/C14H18Cl2N2O/c1-2-18-7-3-4-11(9-18)17-14(19)10-5-6-12(15)13(16)8-10/h5-6,8,11H,2-4,7,9H2,1H3,(H,17,19). The number of amides is 1. The molecule has 0 bridgehead atoms. The summed E-state index contributed by atoms with van der Waals surface area (Å²) in [6.45, 7) is 5.21. The molecule has 104 valence electrons. The molecule has 3 nitrogen and oxygen atoms in total. The second kappa shape index (κ2) is 6.60. The molecule has 1 amide bonds. The van der Waals surface area contributed by atoms with E-state index in [4.69, 9.17) is 23.2 Å². The highest BCUT2D eigenvalue weighted by atomic mass is 35.5. The van der Waals surface area contributed by atoms with Crippen molar-refractivity contribution < 1.29 is 4.79 Å². The molecule has 1 saturated heterocycles. The summed E-state index contributed by atoms with van der Waals surface area (Å²) < 4.78 is 0. The van der Waals surface area contributed by atoms with Gasteiger partial charge in [0.2, 0.25) is 0 Å². The summed E-state index contributed by atoms with van der Waals surface area (Å²) in [5.41, 5.74) is 0.558. The van der Waals surface area contributed by atoms with Gasteiger partial charge in [0.25, 0.3) is 5.91 Å². The van der Waals surface area contributed by atoms with Crippen LogP contribution in [0, 0.1) is 0 Å². The van der Waals surface area contributed by atoms with Crippen molar-refractivity contribution in [2.24, 2.45) is 0 Å². The van der Waals surface area contributed by atoms with Gasteiger partial charge >= 0.3 is 0 Å². The number of nitrogens with zero attached hydrogens (tertiary/aromatic N) is 1. The van der Waals surface area contributed by atoms with Crippen molar-refractivity contribution in [1.29, 1.82) is 0 Å². The van der Waals surface area contributed by atoms with Gasteiger partial charge in [0.15, 0.2) is 0 Å². The van der Waals surface area contributed by atoms with Crippen LogP contribution in [-0.4, -0.2) is 36.5 Å². The number of nitrogens with one attached hydrogen (secondary N) is 1. The van der Waals surface area contributed by atoms with Crippen LogP contribution in [0.15, 0.2) is 18.2 Å². The van der Waals surface area contributed by atoms with Crippen molar-refractivity contribution in [2.45, 2.75) is 25.8 Å². The van der Waals surface area contributed by atoms with Crippen LogP contribution in [0.5, 0.6) is 0 Å². The molecule has 1 aliphatic heterocycles. The van der Waals surface area contributed by atoms with E-state index in [1.807, 2.05) is 0 Å². The van der Waals surface area contributed by atoms with E-state index in [0.29, 0.717) is 15.6 Å². The third-order valence-electron chi connectivity index (χ3n) is 3.47. The summed E-state index contributed by atoms with van der Waals surface area (Å²) in [5.74, 6) is -0.0819. The molecule has 19 heavy (non-hydrogen) atoms. The Morgan fingerprint density at radius 1 is 1.42 bits per heavy atom. The van der Waals surface area contributed by atoms with Crippen molar-refractivity contribution in [1.82, 2.24) is 10.2 Å². The molecule has 0 aromatic heterocycles. The van der Waals surface area contributed by atoms with E-state index in [2.05, 4.69) is 17.1 Å². The van der Waals surface area contributed by atoms with Gasteiger partial charge in [-0.2, -0.15) is 0 Å². The van der Waals surface area contributed by atoms with Crippen LogP contribution in [0.25, 0.3) is 0 Å². The van der Waals surface area contributed by atoms with E-state index in [9.17, 15) is 4.79 Å². The van der Waals surface area contributed by atoms with Gasteiger partial charge in [-0.15, -0.1) is 0 Å². The molecule has 0 aliphatic carbocycles. The molecular weight excluding hydrogens is 283 g/mol. The molecule has 1 aromatic rings. The van der Waals surface area contributed by atoms with Crippen molar-refractivity contribution in [2.75, 3.05) is 19.6 Å². The van der Waals surface area contributed by atoms with Crippen LogP contribution in [-0.2, 0) is 0 Å². The number of likely N-dealkylation sites (tertiary alicyclic amines) is 1. The molecular formula is C14H18Cl2N2O. The number of hydrogen-bond donors (Lipinski definition) is 1. The average Bonchev–Trinajstić information content (AvgIpc) is 2.42. The molecule has 0 spiro atoms. The first-order valence-electron chi connectivity index (χ1n) is 6.58. The fraction of sp³-hybridized carbons (Fsp3) is 0.500. The maximum Gasteiger partial charge on any atom is 0.251 e. The monoisotopic (exact) mass is 300 g/mol. The molecule has 1 fully saturated rings. The zero-order chi connectivity index (χ0) is 13.8. The van der Waals surface area contributed by atoms with Gasteiger partial charge in [-0.1, -0.05) is 30.1 Å². The average molecular weight is 301 g/mol. The lowest BCUT2D eigenvalue weighted by atomic mass is 10.1.